The van der Waals surface area contributed by atoms with Crippen LogP contribution in [0.25, 0.3) is 11.3 Å². The summed E-state index contributed by atoms with van der Waals surface area (Å²) < 4.78 is 47.2. The van der Waals surface area contributed by atoms with E-state index in [-0.39, 0.29) is 17.2 Å². The zero-order valence-electron chi connectivity index (χ0n) is 14.5. The molecule has 2 N–H and O–H groups in total. The molecule has 2 aliphatic rings. The lowest BCUT2D eigenvalue weighted by molar-refractivity contribution is -0.117. The highest BCUT2D eigenvalue weighted by molar-refractivity contribution is 7.92. The van der Waals surface area contributed by atoms with Crippen molar-refractivity contribution in [2.45, 2.75) is 18.8 Å². The van der Waals surface area contributed by atoms with Gasteiger partial charge in [0, 0.05) is 11.5 Å². The summed E-state index contributed by atoms with van der Waals surface area (Å²) >= 11 is 0. The molecule has 1 aliphatic carbocycles. The number of phenolic OH excluding ortho intramolecular Hbond substituents is 1. The molecule has 4 rings (SSSR count). The Morgan fingerprint density at radius 3 is 2.68 bits per heavy atom. The molecule has 148 valence electrons. The molecule has 0 spiro atoms. The summed E-state index contributed by atoms with van der Waals surface area (Å²) in [5.41, 5.74) is -0.239. The van der Waals surface area contributed by atoms with Crippen LogP contribution in [-0.2, 0) is 19.7 Å². The fourth-order valence-electron chi connectivity index (χ4n) is 3.03. The molecule has 2 fully saturated rings. The van der Waals surface area contributed by atoms with Crippen molar-refractivity contribution in [3.63, 3.8) is 0 Å². The summed E-state index contributed by atoms with van der Waals surface area (Å²) in [5, 5.41) is 14.2. The van der Waals surface area contributed by atoms with Crippen LogP contribution in [0.1, 0.15) is 24.5 Å². The highest BCUT2D eigenvalue weighted by Gasteiger charge is 2.38. The van der Waals surface area contributed by atoms with Crippen LogP contribution >= 0.6 is 0 Å². The van der Waals surface area contributed by atoms with Gasteiger partial charge in [0.05, 0.1) is 18.5 Å². The Bertz CT molecular complexity index is 1110. The van der Waals surface area contributed by atoms with Crippen LogP contribution in [0.4, 0.5) is 14.9 Å². The highest BCUT2D eigenvalue weighted by Crippen LogP contribution is 2.43. The maximum Gasteiger partial charge on any atom is 0.434 e. The van der Waals surface area contributed by atoms with Crippen molar-refractivity contribution in [2.75, 3.05) is 18.0 Å². The lowest BCUT2D eigenvalue weighted by Crippen LogP contribution is -2.30. The number of methoxy groups -OCH3 is 1. The first-order chi connectivity index (χ1) is 13.2. The van der Waals surface area contributed by atoms with Gasteiger partial charge in [-0.1, -0.05) is 0 Å². The fraction of sp³-hybridized carbons (Fsp3) is 0.312. The third-order valence-electron chi connectivity index (χ3n) is 4.51. The molecule has 28 heavy (non-hydrogen) atoms. The molecular formula is C16H15FN4O6S. The minimum Gasteiger partial charge on any atom is -0.506 e. The number of aromatic nitrogens is 2. The molecule has 0 bridgehead atoms. The standard InChI is InChI=1S/C16H15FN4O6S/c1-27-16(24)21-11(6-10(18-21)8-2-3-8)9-4-5-12(22)15(14(9)17)20-7-13(23)19-28(20,25)26/h4-6,8,22H,2-3,7H2,1H3,(H,19,23). The van der Waals surface area contributed by atoms with Crippen LogP contribution < -0.4 is 9.03 Å². The van der Waals surface area contributed by atoms with E-state index in [0.717, 1.165) is 30.7 Å². The smallest absolute Gasteiger partial charge is 0.434 e. The van der Waals surface area contributed by atoms with Crippen LogP contribution in [-0.4, -0.2) is 49.0 Å². The van der Waals surface area contributed by atoms with Gasteiger partial charge in [-0.2, -0.15) is 18.2 Å². The largest absolute Gasteiger partial charge is 0.506 e. The number of nitrogens with zero attached hydrogens (tertiary/aromatic N) is 3. The number of hydrogen-bond donors (Lipinski definition) is 2. The van der Waals surface area contributed by atoms with Crippen molar-refractivity contribution in [3.8, 4) is 17.0 Å². The van der Waals surface area contributed by atoms with Gasteiger partial charge in [0.15, 0.2) is 5.82 Å². The molecule has 1 aliphatic heterocycles. The molecular weight excluding hydrogens is 395 g/mol. The Kier molecular flexibility index (Phi) is 4.03. The SMILES string of the molecule is COC(=O)n1nc(C2CC2)cc1-c1ccc(O)c(N2CC(=O)NS2(=O)=O)c1F. The minimum atomic E-state index is -4.34. The first kappa shape index (κ1) is 18.2. The van der Waals surface area contributed by atoms with Crippen molar-refractivity contribution in [2.24, 2.45) is 0 Å². The molecule has 1 aromatic heterocycles. The monoisotopic (exact) mass is 410 g/mol. The van der Waals surface area contributed by atoms with E-state index in [2.05, 4.69) is 9.84 Å². The first-order valence-corrected chi connectivity index (χ1v) is 9.70. The van der Waals surface area contributed by atoms with Crippen molar-refractivity contribution in [3.05, 3.63) is 29.7 Å². The van der Waals surface area contributed by atoms with E-state index < -0.39 is 46.0 Å². The molecule has 12 heteroatoms. The average Bonchev–Trinajstić information content (AvgIpc) is 3.32. The van der Waals surface area contributed by atoms with Gasteiger partial charge in [-0.15, -0.1) is 0 Å². The van der Waals surface area contributed by atoms with Gasteiger partial charge in [0.25, 0.3) is 5.91 Å². The number of anilines is 1. The van der Waals surface area contributed by atoms with Gasteiger partial charge in [0.2, 0.25) is 0 Å². The van der Waals surface area contributed by atoms with E-state index in [4.69, 9.17) is 0 Å². The first-order valence-electron chi connectivity index (χ1n) is 8.26. The molecule has 0 unspecified atom stereocenters. The molecule has 2 heterocycles. The number of halogens is 1. The van der Waals surface area contributed by atoms with E-state index in [1.165, 1.54) is 12.1 Å². The van der Waals surface area contributed by atoms with Crippen LogP contribution in [0.5, 0.6) is 5.75 Å². The number of carbonyl (C=O) groups is 2. The molecule has 1 saturated carbocycles. The van der Waals surface area contributed by atoms with Crippen molar-refractivity contribution >= 4 is 27.9 Å². The summed E-state index contributed by atoms with van der Waals surface area (Å²) in [6, 6.07) is 3.80. The predicted octanol–water partition coefficient (Wildman–Crippen LogP) is 1.07. The molecule has 10 nitrogen and oxygen atoms in total. The van der Waals surface area contributed by atoms with Crippen molar-refractivity contribution in [1.29, 1.82) is 0 Å². The molecule has 1 aromatic carbocycles. The number of ether oxygens (including phenoxy) is 1. The number of nitrogens with one attached hydrogen (secondary N) is 1. The van der Waals surface area contributed by atoms with Crippen molar-refractivity contribution in [1.82, 2.24) is 14.5 Å². The van der Waals surface area contributed by atoms with E-state index in [1.54, 1.807) is 4.72 Å². The highest BCUT2D eigenvalue weighted by atomic mass is 32.2. The molecule has 2 aromatic rings. The van der Waals surface area contributed by atoms with Gasteiger partial charge in [0.1, 0.15) is 18.0 Å². The summed E-state index contributed by atoms with van der Waals surface area (Å²) in [7, 11) is -3.19. The number of rotatable bonds is 3. The number of aromatic hydroxyl groups is 1. The second-order valence-electron chi connectivity index (χ2n) is 6.44. The lowest BCUT2D eigenvalue weighted by Gasteiger charge is -2.18. The number of amides is 1. The van der Waals surface area contributed by atoms with Crippen LogP contribution in [0, 0.1) is 5.82 Å². The molecule has 1 saturated heterocycles. The topological polar surface area (TPSA) is 131 Å². The summed E-state index contributed by atoms with van der Waals surface area (Å²) in [5.74, 6) is -2.50. The number of phenols is 1. The van der Waals surface area contributed by atoms with E-state index in [9.17, 15) is 23.1 Å². The lowest BCUT2D eigenvalue weighted by atomic mass is 10.1. The second-order valence-corrected chi connectivity index (χ2v) is 8.04. The number of carbonyl (C=O) groups excluding carboxylic acids is 2. The Hall–Kier alpha value is -3.15. The van der Waals surface area contributed by atoms with E-state index in [0.29, 0.717) is 10.00 Å². The zero-order chi connectivity index (χ0) is 20.2. The normalized spacial score (nSPS) is 18.2. The number of benzene rings is 1. The molecule has 0 radical (unpaired) electrons. The molecule has 1 amide bonds. The fourth-order valence-corrected chi connectivity index (χ4v) is 4.19. The van der Waals surface area contributed by atoms with E-state index >= 15 is 4.39 Å². The average molecular weight is 410 g/mol. The Morgan fingerprint density at radius 2 is 2.11 bits per heavy atom. The Labute approximate surface area is 158 Å². The van der Waals surface area contributed by atoms with E-state index in [1.807, 2.05) is 0 Å². The van der Waals surface area contributed by atoms with Crippen LogP contribution in [0.3, 0.4) is 0 Å². The Balaban J connectivity index is 1.89. The summed E-state index contributed by atoms with van der Waals surface area (Å²) in [6.07, 6.45) is 0.933. The molecule has 0 atom stereocenters. The van der Waals surface area contributed by atoms with Gasteiger partial charge < -0.3 is 9.84 Å². The maximum atomic E-state index is 15.3. The predicted molar refractivity (Wildman–Crippen MR) is 93.5 cm³/mol. The third-order valence-corrected chi connectivity index (χ3v) is 5.89. The van der Waals surface area contributed by atoms with Crippen molar-refractivity contribution < 1.29 is 32.2 Å². The van der Waals surface area contributed by atoms with Crippen LogP contribution in [0.2, 0.25) is 0 Å². The zero-order valence-corrected chi connectivity index (χ0v) is 15.4. The summed E-state index contributed by atoms with van der Waals surface area (Å²) in [6.45, 7) is -0.681. The van der Waals surface area contributed by atoms with Crippen LogP contribution in [0.15, 0.2) is 18.2 Å². The van der Waals surface area contributed by atoms with Gasteiger partial charge in [-0.25, -0.2) is 18.2 Å². The second kappa shape index (κ2) is 6.19. The van der Waals surface area contributed by atoms with Gasteiger partial charge in [-0.05, 0) is 31.0 Å². The quantitative estimate of drug-likeness (QED) is 0.774. The number of hydrogen-bond acceptors (Lipinski definition) is 7. The minimum absolute atomic E-state index is 0.0448. The maximum absolute atomic E-state index is 15.3. The Morgan fingerprint density at radius 1 is 1.39 bits per heavy atom. The summed E-state index contributed by atoms with van der Waals surface area (Å²) in [4.78, 5) is 23.6. The van der Waals surface area contributed by atoms with Gasteiger partial charge >= 0.3 is 16.3 Å². The van der Waals surface area contributed by atoms with Gasteiger partial charge in [-0.3, -0.25) is 4.79 Å². The third kappa shape index (κ3) is 2.85.